The highest BCUT2D eigenvalue weighted by Gasteiger charge is 2.19. The number of nitrogens with zero attached hydrogens (tertiary/aromatic N) is 4. The second-order valence-electron chi connectivity index (χ2n) is 6.74. The van der Waals surface area contributed by atoms with E-state index in [9.17, 15) is 4.39 Å². The molecule has 1 fully saturated rings. The fourth-order valence-corrected chi connectivity index (χ4v) is 3.35. The largest absolute Gasteiger partial charge is 0.365 e. The van der Waals surface area contributed by atoms with Crippen LogP contribution < -0.4 is 10.6 Å². The Bertz CT molecular complexity index is 958. The molecule has 0 saturated carbocycles. The number of fused-ring (bicyclic) bond motifs is 1. The van der Waals surface area contributed by atoms with Gasteiger partial charge in [-0.05, 0) is 63.3 Å². The van der Waals surface area contributed by atoms with E-state index in [-0.39, 0.29) is 5.02 Å². The maximum Gasteiger partial charge on any atom is 0.229 e. The molecule has 2 N–H and O–H groups in total. The summed E-state index contributed by atoms with van der Waals surface area (Å²) in [6.07, 6.45) is 3.83. The average molecular weight is 387 g/mol. The van der Waals surface area contributed by atoms with E-state index < -0.39 is 5.82 Å². The van der Waals surface area contributed by atoms with Crippen molar-refractivity contribution in [1.29, 1.82) is 0 Å². The Kier molecular flexibility index (Phi) is 5.05. The zero-order valence-electron chi connectivity index (χ0n) is 14.9. The molecule has 1 saturated heterocycles. The van der Waals surface area contributed by atoms with Gasteiger partial charge in [0.2, 0.25) is 5.95 Å². The quantitative estimate of drug-likeness (QED) is 0.704. The molecule has 0 aliphatic carbocycles. The fourth-order valence-electron chi connectivity index (χ4n) is 3.17. The van der Waals surface area contributed by atoms with Gasteiger partial charge in [-0.25, -0.2) is 9.37 Å². The molecular weight excluding hydrogens is 367 g/mol. The molecule has 3 heterocycles. The minimum Gasteiger partial charge on any atom is -0.365 e. The number of nitrogens with one attached hydrogen (secondary N) is 2. The molecule has 0 spiro atoms. The van der Waals surface area contributed by atoms with E-state index in [1.807, 2.05) is 12.1 Å². The van der Waals surface area contributed by atoms with E-state index in [4.69, 9.17) is 11.6 Å². The number of halogens is 2. The Balaban J connectivity index is 1.64. The lowest BCUT2D eigenvalue weighted by molar-refractivity contribution is 0.263. The van der Waals surface area contributed by atoms with Crippen LogP contribution in [0.2, 0.25) is 5.02 Å². The molecule has 0 amide bonds. The molecule has 1 aromatic carbocycles. The van der Waals surface area contributed by atoms with Gasteiger partial charge in [0.25, 0.3) is 0 Å². The van der Waals surface area contributed by atoms with Crippen LogP contribution in [0.3, 0.4) is 0 Å². The third-order valence-electron chi connectivity index (χ3n) is 4.69. The van der Waals surface area contributed by atoms with Crippen molar-refractivity contribution < 1.29 is 4.39 Å². The maximum absolute atomic E-state index is 13.4. The first-order chi connectivity index (χ1) is 13.1. The van der Waals surface area contributed by atoms with Crippen molar-refractivity contribution in [2.45, 2.75) is 18.9 Å². The van der Waals surface area contributed by atoms with Gasteiger partial charge < -0.3 is 15.5 Å². The SMILES string of the molecule is CN1CCC(Nc2nc(Nc3ccc(F)c(Cl)c3)nc3cccnc23)CC1. The Labute approximate surface area is 161 Å². The Morgan fingerprint density at radius 3 is 2.78 bits per heavy atom. The van der Waals surface area contributed by atoms with Gasteiger partial charge in [-0.3, -0.25) is 4.98 Å². The van der Waals surface area contributed by atoms with Crippen LogP contribution in [0.5, 0.6) is 0 Å². The number of pyridine rings is 1. The second kappa shape index (κ2) is 7.62. The van der Waals surface area contributed by atoms with Crippen LogP contribution in [0.1, 0.15) is 12.8 Å². The lowest BCUT2D eigenvalue weighted by Gasteiger charge is -2.30. The summed E-state index contributed by atoms with van der Waals surface area (Å²) < 4.78 is 13.4. The standard InChI is InChI=1S/C19H20ClFN6/c1-27-9-6-12(7-10-27)23-18-17-16(3-2-8-22-17)25-19(26-18)24-13-4-5-15(21)14(20)11-13/h2-5,8,11-12H,6-7,9-10H2,1H3,(H2,23,24,25,26). The van der Waals surface area contributed by atoms with Gasteiger partial charge >= 0.3 is 0 Å². The molecule has 0 atom stereocenters. The van der Waals surface area contributed by atoms with Crippen LogP contribution in [-0.4, -0.2) is 46.0 Å². The van der Waals surface area contributed by atoms with Gasteiger partial charge in [-0.15, -0.1) is 0 Å². The van der Waals surface area contributed by atoms with Crippen LogP contribution in [0.4, 0.5) is 21.8 Å². The summed E-state index contributed by atoms with van der Waals surface area (Å²) in [5, 5.41) is 6.67. The van der Waals surface area contributed by atoms with E-state index in [0.29, 0.717) is 23.5 Å². The number of rotatable bonds is 4. The molecule has 0 radical (unpaired) electrons. The van der Waals surface area contributed by atoms with Gasteiger partial charge in [-0.2, -0.15) is 4.98 Å². The van der Waals surface area contributed by atoms with E-state index >= 15 is 0 Å². The van der Waals surface area contributed by atoms with Gasteiger partial charge in [0.15, 0.2) is 5.82 Å². The summed E-state index contributed by atoms with van der Waals surface area (Å²) in [5.41, 5.74) is 2.09. The second-order valence-corrected chi connectivity index (χ2v) is 7.15. The van der Waals surface area contributed by atoms with Gasteiger partial charge in [-0.1, -0.05) is 11.6 Å². The van der Waals surface area contributed by atoms with E-state index in [2.05, 4.69) is 37.5 Å². The van der Waals surface area contributed by atoms with Crippen LogP contribution in [-0.2, 0) is 0 Å². The number of piperidine rings is 1. The summed E-state index contributed by atoms with van der Waals surface area (Å²) in [5.74, 6) is 0.648. The lowest BCUT2D eigenvalue weighted by Crippen LogP contribution is -2.37. The summed E-state index contributed by atoms with van der Waals surface area (Å²) in [4.78, 5) is 15.9. The number of hydrogen-bond acceptors (Lipinski definition) is 6. The molecule has 3 aromatic rings. The number of benzene rings is 1. The maximum atomic E-state index is 13.4. The molecule has 1 aliphatic heterocycles. The molecule has 4 rings (SSSR count). The van der Waals surface area contributed by atoms with Crippen LogP contribution >= 0.6 is 11.6 Å². The molecule has 6 nitrogen and oxygen atoms in total. The summed E-state index contributed by atoms with van der Waals surface area (Å²) in [6.45, 7) is 2.10. The number of anilines is 3. The lowest BCUT2D eigenvalue weighted by atomic mass is 10.1. The number of likely N-dealkylation sites (tertiary alicyclic amines) is 1. The van der Waals surface area contributed by atoms with E-state index in [1.165, 1.54) is 12.1 Å². The molecule has 1 aliphatic rings. The van der Waals surface area contributed by atoms with Crippen LogP contribution in [0, 0.1) is 5.82 Å². The normalized spacial score (nSPS) is 15.8. The molecule has 2 aromatic heterocycles. The van der Waals surface area contributed by atoms with Crippen molar-refractivity contribution in [2.24, 2.45) is 0 Å². The highest BCUT2D eigenvalue weighted by molar-refractivity contribution is 6.31. The molecule has 140 valence electrons. The average Bonchev–Trinajstić information content (AvgIpc) is 2.67. The predicted octanol–water partition coefficient (Wildman–Crippen LogP) is 4.07. The summed E-state index contributed by atoms with van der Waals surface area (Å²) >= 11 is 5.86. The van der Waals surface area contributed by atoms with Gasteiger partial charge in [0, 0.05) is 17.9 Å². The molecular formula is C19H20ClFN6. The molecule has 0 unspecified atom stereocenters. The molecule has 0 bridgehead atoms. The zero-order chi connectivity index (χ0) is 18.8. The fraction of sp³-hybridized carbons (Fsp3) is 0.316. The van der Waals surface area contributed by atoms with Crippen molar-refractivity contribution >= 4 is 40.1 Å². The monoisotopic (exact) mass is 386 g/mol. The van der Waals surface area contributed by atoms with Crippen molar-refractivity contribution in [3.63, 3.8) is 0 Å². The number of hydrogen-bond donors (Lipinski definition) is 2. The van der Waals surface area contributed by atoms with E-state index in [1.54, 1.807) is 12.3 Å². The molecule has 8 heteroatoms. The first-order valence-corrected chi connectivity index (χ1v) is 9.26. The van der Waals surface area contributed by atoms with Crippen molar-refractivity contribution in [3.8, 4) is 0 Å². The smallest absolute Gasteiger partial charge is 0.229 e. The third kappa shape index (κ3) is 4.09. The Morgan fingerprint density at radius 2 is 2.00 bits per heavy atom. The van der Waals surface area contributed by atoms with Crippen LogP contribution in [0.15, 0.2) is 36.5 Å². The minimum absolute atomic E-state index is 0.0483. The number of aromatic nitrogens is 3. The Hall–Kier alpha value is -2.51. The van der Waals surface area contributed by atoms with Crippen molar-refractivity contribution in [3.05, 3.63) is 47.4 Å². The van der Waals surface area contributed by atoms with Crippen LogP contribution in [0.25, 0.3) is 11.0 Å². The minimum atomic E-state index is -0.463. The van der Waals surface area contributed by atoms with Gasteiger partial charge in [0.1, 0.15) is 11.3 Å². The highest BCUT2D eigenvalue weighted by atomic mass is 35.5. The van der Waals surface area contributed by atoms with Crippen molar-refractivity contribution in [2.75, 3.05) is 30.8 Å². The molecule has 27 heavy (non-hydrogen) atoms. The van der Waals surface area contributed by atoms with Crippen molar-refractivity contribution in [1.82, 2.24) is 19.9 Å². The first kappa shape index (κ1) is 17.9. The topological polar surface area (TPSA) is 66.0 Å². The first-order valence-electron chi connectivity index (χ1n) is 8.88. The van der Waals surface area contributed by atoms with E-state index in [0.717, 1.165) is 37.0 Å². The van der Waals surface area contributed by atoms with Gasteiger partial charge in [0.05, 0.1) is 10.5 Å². The Morgan fingerprint density at radius 1 is 1.19 bits per heavy atom. The predicted molar refractivity (Wildman–Crippen MR) is 106 cm³/mol. The highest BCUT2D eigenvalue weighted by Crippen LogP contribution is 2.26. The summed E-state index contributed by atoms with van der Waals surface area (Å²) in [7, 11) is 2.13. The zero-order valence-corrected chi connectivity index (χ0v) is 15.7. The third-order valence-corrected chi connectivity index (χ3v) is 4.98. The summed E-state index contributed by atoms with van der Waals surface area (Å²) in [6, 6.07) is 8.50.